The molecule has 0 amide bonds. The van der Waals surface area contributed by atoms with Gasteiger partial charge >= 0.3 is 11.9 Å². The molecule has 0 saturated carbocycles. The molecule has 2 fully saturated rings. The summed E-state index contributed by atoms with van der Waals surface area (Å²) in [6.07, 6.45) is 29.1. The number of ether oxygens (including phenoxy) is 4. The first kappa shape index (κ1) is 66.1. The van der Waals surface area contributed by atoms with Crippen LogP contribution in [0.5, 0.6) is 0 Å². The molecule has 0 aliphatic carbocycles. The van der Waals surface area contributed by atoms with Gasteiger partial charge in [0, 0.05) is 31.4 Å². The van der Waals surface area contributed by atoms with E-state index >= 15 is 0 Å². The zero-order chi connectivity index (χ0) is 52.7. The second kappa shape index (κ2) is 33.2. The molecule has 2 N–H and O–H groups in total. The van der Waals surface area contributed by atoms with Crippen LogP contribution in [0.25, 0.3) is 0 Å². The summed E-state index contributed by atoms with van der Waals surface area (Å²) >= 11 is 0. The molecular weight excluding hydrogens is 958 g/mol. The van der Waals surface area contributed by atoms with Crippen LogP contribution in [0.15, 0.2) is 41.1 Å². The van der Waals surface area contributed by atoms with Crippen molar-refractivity contribution in [2.75, 3.05) is 26.4 Å². The third-order valence-corrected chi connectivity index (χ3v) is 26.9. The van der Waals surface area contributed by atoms with E-state index in [2.05, 4.69) is 113 Å². The van der Waals surface area contributed by atoms with Gasteiger partial charge in [0.2, 0.25) is 8.32 Å². The molecule has 0 aromatic rings. The predicted octanol–water partition coefficient (Wildman–Crippen LogP) is 15.6. The van der Waals surface area contributed by atoms with Crippen LogP contribution >= 0.6 is 12.4 Å². The Morgan fingerprint density at radius 1 is 0.833 bits per heavy atom. The highest BCUT2D eigenvalue weighted by molar-refractivity contribution is 6.77. The van der Waals surface area contributed by atoms with E-state index in [1.165, 1.54) is 51.4 Å². The molecule has 0 bridgehead atoms. The highest BCUT2D eigenvalue weighted by Crippen LogP contribution is 2.45. The predicted molar refractivity (Wildman–Crippen MR) is 307 cm³/mol. The van der Waals surface area contributed by atoms with Crippen LogP contribution in [0.2, 0.25) is 34.8 Å². The van der Waals surface area contributed by atoms with E-state index in [1.54, 1.807) is 6.08 Å². The number of hydrogen-bond donors (Lipinski definition) is 1. The Hall–Kier alpha value is -2.01. The molecule has 2 saturated heterocycles. The number of allylic oxidation sites excluding steroid dienone is 2. The minimum Gasteiger partial charge on any atom is -0.462 e. The Bertz CT molecular complexity index is 1650. The number of rotatable bonds is 37. The maximum Gasteiger partial charge on any atom is 0.337 e. The van der Waals surface area contributed by atoms with Gasteiger partial charge in [-0.05, 0) is 99.5 Å². The van der Waals surface area contributed by atoms with Crippen molar-refractivity contribution in [2.24, 2.45) is 10.7 Å². The quantitative estimate of drug-likeness (QED) is 0.0278. The Morgan fingerprint density at radius 3 is 1.92 bits per heavy atom. The van der Waals surface area contributed by atoms with Gasteiger partial charge in [-0.1, -0.05) is 165 Å². The van der Waals surface area contributed by atoms with Gasteiger partial charge in [0.1, 0.15) is 6.61 Å². The fraction of sp³-hybridized carbons (Fsp3) is 0.845. The topological polar surface area (TPSA) is 131 Å². The number of carbonyl (C=O) groups excluding carboxylic acids is 2. The van der Waals surface area contributed by atoms with E-state index in [4.69, 9.17) is 38.5 Å². The Morgan fingerprint density at radius 2 is 1.39 bits per heavy atom. The minimum absolute atomic E-state index is 0. The average Bonchev–Trinajstić information content (AvgIpc) is 3.94. The number of fused-ring (bicyclic) bond motifs is 1. The number of guanidine groups is 1. The molecule has 72 heavy (non-hydrogen) atoms. The first-order chi connectivity index (χ1) is 33.6. The van der Waals surface area contributed by atoms with Crippen molar-refractivity contribution in [3.8, 4) is 0 Å². The lowest BCUT2D eigenvalue weighted by Gasteiger charge is -2.44. The van der Waals surface area contributed by atoms with Crippen molar-refractivity contribution in [1.29, 1.82) is 0 Å². The third kappa shape index (κ3) is 20.8. The Kier molecular flexibility index (Phi) is 30.5. The first-order valence-corrected chi connectivity index (χ1v) is 33.8. The average molecular weight is 1070 g/mol. The molecule has 3 heterocycles. The van der Waals surface area contributed by atoms with Crippen molar-refractivity contribution >= 4 is 46.9 Å². The lowest BCUT2D eigenvalue weighted by molar-refractivity contribution is -0.173. The normalized spacial score (nSPS) is 19.3. The van der Waals surface area contributed by atoms with Crippen molar-refractivity contribution in [1.82, 2.24) is 4.90 Å². The zero-order valence-corrected chi connectivity index (χ0v) is 51.0. The molecule has 0 spiro atoms. The summed E-state index contributed by atoms with van der Waals surface area (Å²) < 4.78 is 38.0. The van der Waals surface area contributed by atoms with E-state index in [1.807, 2.05) is 0 Å². The minimum atomic E-state index is -2.01. The van der Waals surface area contributed by atoms with Crippen LogP contribution in [-0.2, 0) is 37.4 Å². The van der Waals surface area contributed by atoms with Crippen LogP contribution < -0.4 is 5.73 Å². The van der Waals surface area contributed by atoms with Gasteiger partial charge in [-0.3, -0.25) is 4.79 Å². The van der Waals surface area contributed by atoms with Crippen molar-refractivity contribution in [3.05, 3.63) is 36.1 Å². The summed E-state index contributed by atoms with van der Waals surface area (Å²) in [4.78, 5) is 33.1. The van der Waals surface area contributed by atoms with Crippen LogP contribution in [0.3, 0.4) is 0 Å². The maximum absolute atomic E-state index is 14.3. The number of nitrogens with two attached hydrogens (primary N) is 1. The molecule has 0 radical (unpaired) electrons. The van der Waals surface area contributed by atoms with Gasteiger partial charge in [-0.25, -0.2) is 9.79 Å². The molecule has 0 unspecified atom stereocenters. The number of nitrogens with zero attached hydrogens (tertiary/aromatic N) is 2. The fourth-order valence-electron chi connectivity index (χ4n) is 11.4. The van der Waals surface area contributed by atoms with Gasteiger partial charge < -0.3 is 38.4 Å². The number of unbranched alkanes of at least 4 members (excludes halogenated alkanes) is 12. The van der Waals surface area contributed by atoms with Gasteiger partial charge in [0.25, 0.3) is 0 Å². The van der Waals surface area contributed by atoms with E-state index in [9.17, 15) is 9.59 Å². The summed E-state index contributed by atoms with van der Waals surface area (Å²) in [5, 5.41) is 0.138. The van der Waals surface area contributed by atoms with E-state index < -0.39 is 22.4 Å². The second-order valence-corrected chi connectivity index (χ2v) is 33.8. The molecule has 4 atom stereocenters. The molecule has 14 heteroatoms. The molecule has 3 aliphatic rings. The fourth-order valence-corrected chi connectivity index (χ4v) is 18.4. The number of aliphatic imine (C=N–C) groups is 1. The van der Waals surface area contributed by atoms with E-state index in [-0.39, 0.29) is 53.7 Å². The monoisotopic (exact) mass is 1070 g/mol. The largest absolute Gasteiger partial charge is 0.462 e. The third-order valence-electron chi connectivity index (χ3n) is 16.2. The van der Waals surface area contributed by atoms with Gasteiger partial charge in [-0.2, -0.15) is 0 Å². The van der Waals surface area contributed by atoms with Crippen LogP contribution in [-0.4, -0.2) is 95.9 Å². The molecule has 3 rings (SSSR count). The Balaban J connectivity index is 0.0000178. The Labute approximate surface area is 449 Å². The summed E-state index contributed by atoms with van der Waals surface area (Å²) in [7, 11) is -3.93. The standard InChI is InChI=1S/C58H107N3O8Si2.ClH/c1-15-40-64-53(62)36-28-26-24-22-20-18-17-19-21-23-25-27-31-41-65-55(63)54-51(35-32-33-48(9)68-70(13,14)57(10,11)12)60-56(59)61-49(37-38-52(54)61)44-58(66-42-43-67-58)39-30-29-34-50(16-2)69-71(45(3)4,46(5)6)47(7)8;/h15,29,34,45-50,52H,1,16-28,30-33,35-44H2,2-14H3,(H2,59,60);1H/b34-29-;/t48-,49+,50+,52+;/m1./s1. The lowest BCUT2D eigenvalue weighted by Crippen LogP contribution is -2.52. The molecule has 0 aromatic carbocycles. The zero-order valence-electron chi connectivity index (χ0n) is 48.2. The highest BCUT2D eigenvalue weighted by Gasteiger charge is 2.49. The van der Waals surface area contributed by atoms with Crippen LogP contribution in [0, 0.1) is 0 Å². The molecular formula is C58H108ClN3O8Si2. The number of hydrogen-bond acceptors (Lipinski definition) is 11. The van der Waals surface area contributed by atoms with Gasteiger partial charge in [0.15, 0.2) is 20.1 Å². The number of halogens is 1. The number of carbonyl (C=O) groups is 2. The molecule has 418 valence electrons. The van der Waals surface area contributed by atoms with Crippen LogP contribution in [0.1, 0.15) is 224 Å². The van der Waals surface area contributed by atoms with Gasteiger partial charge in [0.05, 0.1) is 43.2 Å². The van der Waals surface area contributed by atoms with E-state index in [0.29, 0.717) is 73.8 Å². The van der Waals surface area contributed by atoms with Crippen molar-refractivity contribution < 1.29 is 37.4 Å². The second-order valence-electron chi connectivity index (χ2n) is 23.7. The molecule has 11 nitrogen and oxygen atoms in total. The SMILES string of the molecule is C=CCOC(=O)CCCCCCCCCCCCCCCOC(=O)C1=C(CCC[C@@H](C)O[Si](C)(C)C(C)(C)C)N=C(N)N2[C@H](CC3(CC/C=C\[C@H](CC)O[Si](C(C)C)(C(C)C)C(C)C)OCCO3)CC[C@@H]12.Cl. The van der Waals surface area contributed by atoms with Crippen LogP contribution in [0.4, 0.5) is 0 Å². The summed E-state index contributed by atoms with van der Waals surface area (Å²) in [5.74, 6) is -0.610. The lowest BCUT2D eigenvalue weighted by atomic mass is 9.98. The summed E-state index contributed by atoms with van der Waals surface area (Å²) in [6, 6.07) is -0.168. The van der Waals surface area contributed by atoms with Crippen molar-refractivity contribution in [2.45, 2.75) is 289 Å². The highest BCUT2D eigenvalue weighted by atomic mass is 35.5. The summed E-state index contributed by atoms with van der Waals surface area (Å²) in [5.41, 5.74) is 10.00. The number of esters is 2. The molecule has 3 aliphatic heterocycles. The van der Waals surface area contributed by atoms with Gasteiger partial charge in [-0.15, -0.1) is 12.4 Å². The first-order valence-electron chi connectivity index (χ1n) is 28.7. The molecule has 0 aromatic heterocycles. The smallest absolute Gasteiger partial charge is 0.337 e. The van der Waals surface area contributed by atoms with Crippen molar-refractivity contribution in [3.63, 3.8) is 0 Å². The maximum atomic E-state index is 14.3. The van der Waals surface area contributed by atoms with E-state index in [0.717, 1.165) is 82.7 Å². The summed E-state index contributed by atoms with van der Waals surface area (Å²) in [6.45, 7) is 35.4.